The summed E-state index contributed by atoms with van der Waals surface area (Å²) < 4.78 is 35.6. The van der Waals surface area contributed by atoms with E-state index in [1.54, 1.807) is 4.72 Å². The Hall–Kier alpha value is -3.84. The number of aryl methyl sites for hydroxylation is 1. The molecule has 224 valence electrons. The van der Waals surface area contributed by atoms with Crippen LogP contribution >= 0.6 is 23.1 Å². The molecule has 0 bridgehead atoms. The first kappa shape index (κ1) is 33.4. The number of amides is 2. The smallest absolute Gasteiger partial charge is 0.349 e. The Morgan fingerprint density at radius 1 is 1.02 bits per heavy atom. The Balaban J connectivity index is 0.000000317. The van der Waals surface area contributed by atoms with Gasteiger partial charge in [0.25, 0.3) is 10.0 Å². The second kappa shape index (κ2) is 14.7. The van der Waals surface area contributed by atoms with E-state index >= 15 is 0 Å². The van der Waals surface area contributed by atoms with Crippen LogP contribution in [0.2, 0.25) is 0 Å². The van der Waals surface area contributed by atoms with E-state index in [1.165, 1.54) is 37.2 Å². The number of sulfonamides is 1. The van der Waals surface area contributed by atoms with E-state index in [2.05, 4.69) is 71.4 Å². The number of hydrogen-bond acceptors (Lipinski definition) is 16. The van der Waals surface area contributed by atoms with E-state index in [0.717, 1.165) is 30.1 Å². The molecule has 3 aromatic rings. The van der Waals surface area contributed by atoms with Crippen molar-refractivity contribution in [2.45, 2.75) is 50.2 Å². The molecule has 0 atom stereocenters. The molecule has 0 aliphatic heterocycles. The second-order valence-corrected chi connectivity index (χ2v) is 12.1. The van der Waals surface area contributed by atoms with Gasteiger partial charge in [-0.3, -0.25) is 5.32 Å². The Labute approximate surface area is 246 Å². The van der Waals surface area contributed by atoms with E-state index in [9.17, 15) is 18.0 Å². The fourth-order valence-electron chi connectivity index (χ4n) is 2.74. The molecule has 0 aromatic carbocycles. The summed E-state index contributed by atoms with van der Waals surface area (Å²) in [6.07, 6.45) is 1.95. The van der Waals surface area contributed by atoms with Gasteiger partial charge < -0.3 is 20.1 Å². The van der Waals surface area contributed by atoms with Crippen molar-refractivity contribution in [3.8, 4) is 6.01 Å². The molecule has 0 spiro atoms. The quantitative estimate of drug-likeness (QED) is 0.198. The van der Waals surface area contributed by atoms with E-state index < -0.39 is 22.0 Å². The number of carbonyl (C=O) groups is 2. The molecule has 19 heteroatoms. The van der Waals surface area contributed by atoms with Crippen molar-refractivity contribution in [3.05, 3.63) is 22.1 Å². The topological polar surface area (TPSA) is 212 Å². The lowest BCUT2D eigenvalue weighted by Crippen LogP contribution is -2.35. The molecule has 0 saturated heterocycles. The molecule has 0 fully saturated rings. The van der Waals surface area contributed by atoms with Crippen molar-refractivity contribution in [1.82, 2.24) is 34.6 Å². The molecule has 0 saturated carbocycles. The minimum absolute atomic E-state index is 0.0449. The fourth-order valence-corrected chi connectivity index (χ4v) is 5.33. The lowest BCUT2D eigenvalue weighted by Gasteiger charge is -2.20. The molecule has 41 heavy (non-hydrogen) atoms. The maximum absolute atomic E-state index is 12.3. The number of rotatable bonds is 9. The summed E-state index contributed by atoms with van der Waals surface area (Å²) in [4.78, 5) is 47.3. The first-order valence-electron chi connectivity index (χ1n) is 11.8. The number of anilines is 3. The van der Waals surface area contributed by atoms with Crippen LogP contribution in [0.3, 0.4) is 0 Å². The summed E-state index contributed by atoms with van der Waals surface area (Å²) in [5.41, 5.74) is -0.0550. The number of ether oxygens (including phenoxy) is 2. The van der Waals surface area contributed by atoms with Gasteiger partial charge in [0.2, 0.25) is 17.8 Å². The highest BCUT2D eigenvalue weighted by Gasteiger charge is 2.26. The summed E-state index contributed by atoms with van der Waals surface area (Å²) in [5.74, 6) is 0.469. The predicted molar refractivity (Wildman–Crippen MR) is 155 cm³/mol. The lowest BCUT2D eigenvalue weighted by atomic mass is 10.1. The van der Waals surface area contributed by atoms with Crippen LogP contribution in [0.1, 0.15) is 43.2 Å². The number of hydrogen-bond donors (Lipinski definition) is 4. The normalized spacial score (nSPS) is 11.0. The third-order valence-corrected chi connectivity index (χ3v) is 7.21. The number of nitrogens with zero attached hydrogens (tertiary/aromatic N) is 6. The largest absolute Gasteiger partial charge is 0.467 e. The molecule has 3 aromatic heterocycles. The highest BCUT2D eigenvalue weighted by atomic mass is 32.2. The van der Waals surface area contributed by atoms with Crippen LogP contribution in [-0.4, -0.2) is 82.9 Å². The van der Waals surface area contributed by atoms with Gasteiger partial charge in [-0.25, -0.2) is 22.7 Å². The number of urea groups is 1. The van der Waals surface area contributed by atoms with Gasteiger partial charge in [-0.15, -0.1) is 11.3 Å². The number of thiophene rings is 1. The Bertz CT molecular complexity index is 1460. The predicted octanol–water partition coefficient (Wildman–Crippen LogP) is 2.78. The van der Waals surface area contributed by atoms with E-state index in [1.807, 2.05) is 13.2 Å². The van der Waals surface area contributed by atoms with Gasteiger partial charge in [0.05, 0.1) is 14.2 Å². The molecule has 3 heterocycles. The van der Waals surface area contributed by atoms with E-state index in [0.29, 0.717) is 11.9 Å². The molecule has 4 N–H and O–H groups in total. The van der Waals surface area contributed by atoms with Crippen molar-refractivity contribution in [1.29, 1.82) is 0 Å². The summed E-state index contributed by atoms with van der Waals surface area (Å²) in [6, 6.07) is 0.0222. The zero-order chi connectivity index (χ0) is 30.8. The molecular formula is C22H32N10O6S3. The molecule has 2 amide bonds. The maximum Gasteiger partial charge on any atom is 0.349 e. The average Bonchev–Trinajstić information content (AvgIpc) is 3.38. The van der Waals surface area contributed by atoms with Crippen LogP contribution in [0.15, 0.2) is 21.5 Å². The summed E-state index contributed by atoms with van der Waals surface area (Å²) >= 11 is 2.38. The summed E-state index contributed by atoms with van der Waals surface area (Å²) in [5, 5.41) is 10.6. The van der Waals surface area contributed by atoms with Crippen molar-refractivity contribution < 1.29 is 27.5 Å². The summed E-state index contributed by atoms with van der Waals surface area (Å²) in [6.45, 7) is 10.6. The number of esters is 1. The zero-order valence-electron chi connectivity index (χ0n) is 23.7. The van der Waals surface area contributed by atoms with Crippen LogP contribution in [0.5, 0.6) is 6.01 Å². The number of aromatic nitrogens is 6. The van der Waals surface area contributed by atoms with Gasteiger partial charge in [-0.05, 0) is 52.3 Å². The Kier molecular flexibility index (Phi) is 12.0. The third kappa shape index (κ3) is 10.6. The zero-order valence-corrected chi connectivity index (χ0v) is 26.2. The molecular weight excluding hydrogens is 597 g/mol. The van der Waals surface area contributed by atoms with Gasteiger partial charge in [0.1, 0.15) is 15.6 Å². The van der Waals surface area contributed by atoms with Crippen molar-refractivity contribution in [2.24, 2.45) is 0 Å². The lowest BCUT2D eigenvalue weighted by molar-refractivity contribution is 0.0602. The van der Waals surface area contributed by atoms with Crippen molar-refractivity contribution in [3.63, 3.8) is 0 Å². The van der Waals surface area contributed by atoms with Crippen LogP contribution in [-0.2, 0) is 14.8 Å². The molecule has 0 aliphatic rings. The second-order valence-electron chi connectivity index (χ2n) is 8.73. The fraction of sp³-hybridized carbons (Fsp3) is 0.455. The van der Waals surface area contributed by atoms with Crippen LogP contribution < -0.4 is 25.4 Å². The minimum atomic E-state index is -4.30. The van der Waals surface area contributed by atoms with Crippen LogP contribution in [0.25, 0.3) is 0 Å². The first-order valence-corrected chi connectivity index (χ1v) is 15.4. The first-order chi connectivity index (χ1) is 19.2. The number of thioether (sulfide) groups is 1. The SMILES string of the molecule is CCNc1nc(NC(C)(C)C)nc(SC)n1.COC(=O)c1sccc1S(=O)(=O)NC(=O)Nc1nc(C)nc(OC)n1. The van der Waals surface area contributed by atoms with Gasteiger partial charge >= 0.3 is 18.0 Å². The van der Waals surface area contributed by atoms with Crippen molar-refractivity contribution >= 4 is 63.0 Å². The monoisotopic (exact) mass is 628 g/mol. The van der Waals surface area contributed by atoms with E-state index in [4.69, 9.17) is 4.74 Å². The molecule has 0 radical (unpaired) electrons. The number of nitrogens with one attached hydrogen (secondary N) is 4. The van der Waals surface area contributed by atoms with Crippen molar-refractivity contribution in [2.75, 3.05) is 43.0 Å². The van der Waals surface area contributed by atoms with Gasteiger partial charge in [0.15, 0.2) is 5.16 Å². The average molecular weight is 629 g/mol. The maximum atomic E-state index is 12.3. The molecule has 3 rings (SSSR count). The summed E-state index contributed by atoms with van der Waals surface area (Å²) in [7, 11) is -1.86. The van der Waals surface area contributed by atoms with Gasteiger partial charge in [0, 0.05) is 12.1 Å². The molecule has 16 nitrogen and oxygen atoms in total. The van der Waals surface area contributed by atoms with Crippen LogP contribution in [0.4, 0.5) is 22.6 Å². The van der Waals surface area contributed by atoms with Crippen LogP contribution in [0, 0.1) is 6.92 Å². The number of methoxy groups -OCH3 is 2. The third-order valence-electron chi connectivity index (χ3n) is 4.27. The number of carbonyl (C=O) groups excluding carboxylic acids is 2. The van der Waals surface area contributed by atoms with E-state index in [-0.39, 0.29) is 33.1 Å². The Morgan fingerprint density at radius 2 is 1.71 bits per heavy atom. The highest BCUT2D eigenvalue weighted by molar-refractivity contribution is 7.98. The Morgan fingerprint density at radius 3 is 2.29 bits per heavy atom. The minimum Gasteiger partial charge on any atom is -0.467 e. The molecule has 0 aliphatic carbocycles. The molecule has 0 unspecified atom stereocenters. The highest BCUT2D eigenvalue weighted by Crippen LogP contribution is 2.23. The standard InChI is InChI=1S/C12H13N5O6S2.C10H19N5S/c1-6-13-10(16-12(14-6)23-3)15-11(19)17-25(20,21)7-4-5-24-8(7)9(18)22-2;1-6-11-7-12-8(15-10(2,3)4)14-9(13-7)16-5/h4-5H,1-3H3,(H2,13,14,15,16,17,19);6H2,1-5H3,(H2,11,12,13,14,15). The van der Waals surface area contributed by atoms with Gasteiger partial charge in [-0.2, -0.15) is 29.9 Å². The van der Waals surface area contributed by atoms with Gasteiger partial charge in [-0.1, -0.05) is 11.8 Å².